The van der Waals surface area contributed by atoms with Crippen LogP contribution in [0.5, 0.6) is 0 Å². The van der Waals surface area contributed by atoms with Crippen molar-refractivity contribution in [1.29, 1.82) is 0 Å². The van der Waals surface area contributed by atoms with Gasteiger partial charge in [-0.3, -0.25) is 0 Å². The minimum atomic E-state index is -1.37. The normalized spacial score (nSPS) is 11.2. The van der Waals surface area contributed by atoms with Crippen LogP contribution in [0.25, 0.3) is 0 Å². The van der Waals surface area contributed by atoms with Gasteiger partial charge >= 0.3 is 0 Å². The Balaban J connectivity index is 2.87. The molecule has 1 atom stereocenters. The summed E-state index contributed by atoms with van der Waals surface area (Å²) in [5.41, 5.74) is 0. The van der Waals surface area contributed by atoms with E-state index in [-0.39, 0.29) is 0 Å². The molecule has 0 saturated heterocycles. The zero-order chi connectivity index (χ0) is 11.4. The maximum atomic E-state index is 10.3. The molecular weight excluding hydrogens is 192 g/mol. The number of hydrogen-bond donors (Lipinski definition) is 2. The molecular formula is C12H25O3. The Morgan fingerprint density at radius 1 is 0.733 bits per heavy atom. The number of hydrogen-bond acceptors (Lipinski definition) is 2. The molecule has 0 bridgehead atoms. The van der Waals surface area contributed by atoms with E-state index in [4.69, 9.17) is 10.2 Å². The molecule has 2 N–H and O–H groups in total. The quantitative estimate of drug-likeness (QED) is 0.413. The van der Waals surface area contributed by atoms with Crippen molar-refractivity contribution >= 4 is 0 Å². The molecule has 0 aromatic rings. The van der Waals surface area contributed by atoms with Gasteiger partial charge in [0.05, 0.1) is 0 Å². The van der Waals surface area contributed by atoms with E-state index in [1.165, 1.54) is 32.1 Å². The van der Waals surface area contributed by atoms with Crippen LogP contribution in [0.15, 0.2) is 0 Å². The zero-order valence-electron chi connectivity index (χ0n) is 9.66. The van der Waals surface area contributed by atoms with Gasteiger partial charge in [-0.05, 0) is 12.8 Å². The van der Waals surface area contributed by atoms with E-state index in [2.05, 4.69) is 0 Å². The van der Waals surface area contributed by atoms with Crippen molar-refractivity contribution in [2.75, 3.05) is 6.61 Å². The van der Waals surface area contributed by atoms with Crippen LogP contribution in [0.3, 0.4) is 0 Å². The topological polar surface area (TPSA) is 60.4 Å². The molecule has 0 aromatic heterocycles. The van der Waals surface area contributed by atoms with E-state index < -0.39 is 6.29 Å². The highest BCUT2D eigenvalue weighted by molar-refractivity contribution is 4.48. The second-order valence-corrected chi connectivity index (χ2v) is 4.15. The van der Waals surface area contributed by atoms with E-state index >= 15 is 0 Å². The second kappa shape index (κ2) is 12.0. The Labute approximate surface area is 93.1 Å². The molecule has 15 heavy (non-hydrogen) atoms. The Bertz CT molecular complexity index is 115. The van der Waals surface area contributed by atoms with Crippen molar-refractivity contribution in [3.05, 3.63) is 0 Å². The third-order valence-electron chi connectivity index (χ3n) is 2.61. The Morgan fingerprint density at radius 2 is 1.13 bits per heavy atom. The summed E-state index contributed by atoms with van der Waals surface area (Å²) in [4.78, 5) is 0. The van der Waals surface area contributed by atoms with Crippen molar-refractivity contribution < 1.29 is 15.3 Å². The maximum Gasteiger partial charge on any atom is 0.188 e. The van der Waals surface area contributed by atoms with Crippen molar-refractivity contribution in [2.24, 2.45) is 0 Å². The highest BCUT2D eigenvalue weighted by Gasteiger charge is 1.98. The highest BCUT2D eigenvalue weighted by atomic mass is 16.5. The van der Waals surface area contributed by atoms with E-state index in [0.29, 0.717) is 13.0 Å². The first-order valence-corrected chi connectivity index (χ1v) is 6.22. The van der Waals surface area contributed by atoms with Gasteiger partial charge in [0, 0.05) is 13.0 Å². The van der Waals surface area contributed by atoms with Crippen molar-refractivity contribution in [3.63, 3.8) is 0 Å². The predicted molar refractivity (Wildman–Crippen MR) is 59.9 cm³/mol. The first kappa shape index (κ1) is 14.9. The fourth-order valence-electron chi connectivity index (χ4n) is 1.67. The molecule has 0 aliphatic heterocycles. The van der Waals surface area contributed by atoms with Gasteiger partial charge in [-0.25, -0.2) is 5.11 Å². The van der Waals surface area contributed by atoms with Gasteiger partial charge in [-0.15, -0.1) is 0 Å². The lowest BCUT2D eigenvalue weighted by molar-refractivity contribution is -0.0968. The molecule has 3 nitrogen and oxygen atoms in total. The smallest absolute Gasteiger partial charge is 0.188 e. The molecule has 0 amide bonds. The molecule has 0 aliphatic rings. The van der Waals surface area contributed by atoms with Gasteiger partial charge in [0.25, 0.3) is 0 Å². The maximum absolute atomic E-state index is 10.3. The summed E-state index contributed by atoms with van der Waals surface area (Å²) in [6.07, 6.45) is 9.15. The molecule has 0 aromatic carbocycles. The standard InChI is InChI=1S/C12H25O3/c13-11-9-7-5-3-1-2-4-6-8-10-12(14)15/h12-14H,1-11H2. The molecule has 91 valence electrons. The Hall–Kier alpha value is -0.120. The van der Waals surface area contributed by atoms with Crippen LogP contribution in [-0.4, -0.2) is 23.1 Å². The van der Waals surface area contributed by atoms with Crippen LogP contribution < -0.4 is 0 Å². The van der Waals surface area contributed by atoms with E-state index in [0.717, 1.165) is 25.7 Å². The third-order valence-corrected chi connectivity index (χ3v) is 2.61. The fraction of sp³-hybridized carbons (Fsp3) is 1.00. The zero-order valence-corrected chi connectivity index (χ0v) is 9.66. The van der Waals surface area contributed by atoms with Crippen LogP contribution in [0.1, 0.15) is 64.2 Å². The van der Waals surface area contributed by atoms with Crippen LogP contribution in [0.4, 0.5) is 0 Å². The van der Waals surface area contributed by atoms with Gasteiger partial charge in [-0.1, -0.05) is 44.9 Å². The van der Waals surface area contributed by atoms with Gasteiger partial charge in [-0.2, -0.15) is 0 Å². The lowest BCUT2D eigenvalue weighted by Crippen LogP contribution is -2.00. The minimum Gasteiger partial charge on any atom is -0.396 e. The first-order chi connectivity index (χ1) is 7.27. The summed E-state index contributed by atoms with van der Waals surface area (Å²) < 4.78 is 0. The van der Waals surface area contributed by atoms with Crippen molar-refractivity contribution in [2.45, 2.75) is 70.5 Å². The Morgan fingerprint density at radius 3 is 1.53 bits per heavy atom. The predicted octanol–water partition coefficient (Wildman–Crippen LogP) is 2.63. The average Bonchev–Trinajstić information content (AvgIpc) is 2.20. The van der Waals surface area contributed by atoms with E-state index in [9.17, 15) is 5.11 Å². The van der Waals surface area contributed by atoms with Gasteiger partial charge in [0.2, 0.25) is 0 Å². The molecule has 1 radical (unpaired) electrons. The summed E-state index contributed by atoms with van der Waals surface area (Å²) in [5, 5.41) is 27.4. The summed E-state index contributed by atoms with van der Waals surface area (Å²) in [5.74, 6) is 0. The second-order valence-electron chi connectivity index (χ2n) is 4.15. The van der Waals surface area contributed by atoms with Crippen molar-refractivity contribution in [3.8, 4) is 0 Å². The largest absolute Gasteiger partial charge is 0.396 e. The fourth-order valence-corrected chi connectivity index (χ4v) is 1.67. The number of aliphatic hydroxyl groups excluding tert-OH is 2. The molecule has 3 heteroatoms. The van der Waals surface area contributed by atoms with Crippen LogP contribution in [0, 0.1) is 0 Å². The van der Waals surface area contributed by atoms with Gasteiger partial charge < -0.3 is 10.2 Å². The monoisotopic (exact) mass is 217 g/mol. The summed E-state index contributed by atoms with van der Waals surface area (Å²) >= 11 is 0. The highest BCUT2D eigenvalue weighted by Crippen LogP contribution is 2.10. The molecule has 0 fully saturated rings. The Kier molecular flexibility index (Phi) is 11.9. The van der Waals surface area contributed by atoms with Crippen molar-refractivity contribution in [1.82, 2.24) is 0 Å². The number of aliphatic hydroxyl groups is 2. The summed E-state index contributed by atoms with van der Waals surface area (Å²) in [7, 11) is 0. The van der Waals surface area contributed by atoms with E-state index in [1.54, 1.807) is 0 Å². The number of unbranched alkanes of at least 4 members (excludes halogenated alkanes) is 8. The minimum absolute atomic E-state index is 0.317. The number of rotatable bonds is 11. The first-order valence-electron chi connectivity index (χ1n) is 6.22. The van der Waals surface area contributed by atoms with Crippen LogP contribution >= 0.6 is 0 Å². The molecule has 0 rings (SSSR count). The summed E-state index contributed by atoms with van der Waals surface area (Å²) in [6, 6.07) is 0. The van der Waals surface area contributed by atoms with Crippen LogP contribution in [-0.2, 0) is 5.11 Å². The van der Waals surface area contributed by atoms with Gasteiger partial charge in [0.15, 0.2) is 6.29 Å². The SMILES string of the molecule is [O]C(O)CCCCCCCCCCCO. The lowest BCUT2D eigenvalue weighted by atomic mass is 10.1. The third kappa shape index (κ3) is 13.9. The molecule has 0 heterocycles. The average molecular weight is 217 g/mol. The van der Waals surface area contributed by atoms with E-state index in [1.807, 2.05) is 0 Å². The molecule has 0 aliphatic carbocycles. The molecule has 1 unspecified atom stereocenters. The molecule has 0 spiro atoms. The lowest BCUT2D eigenvalue weighted by Gasteiger charge is -2.02. The summed E-state index contributed by atoms with van der Waals surface area (Å²) in [6.45, 7) is 0.317. The van der Waals surface area contributed by atoms with Gasteiger partial charge in [0.1, 0.15) is 0 Å². The molecule has 0 saturated carbocycles. The van der Waals surface area contributed by atoms with Crippen LogP contribution in [0.2, 0.25) is 0 Å².